The van der Waals surface area contributed by atoms with Crippen molar-refractivity contribution >= 4 is 13.7 Å². The number of nitrogens with one attached hydrogen (secondary N) is 1. The minimum absolute atomic E-state index is 0.0612. The lowest BCUT2D eigenvalue weighted by molar-refractivity contribution is -0.870. The molecule has 8 nitrogen and oxygen atoms in total. The molecule has 0 saturated carbocycles. The third-order valence-corrected chi connectivity index (χ3v) is 17.2. The van der Waals surface area contributed by atoms with Gasteiger partial charge in [-0.25, -0.2) is 4.57 Å². The number of phosphoric ester groups is 1. The van der Waals surface area contributed by atoms with Gasteiger partial charge in [0.1, 0.15) is 13.2 Å². The number of carbonyl (C=O) groups is 1. The highest BCUT2D eigenvalue weighted by Gasteiger charge is 2.28. The van der Waals surface area contributed by atoms with Crippen LogP contribution in [-0.2, 0) is 18.4 Å². The first kappa shape index (κ1) is 80.9. The van der Waals surface area contributed by atoms with E-state index in [9.17, 15) is 19.4 Å². The molecule has 0 saturated heterocycles. The number of unbranched alkanes of at least 4 members (excludes halogenated alkanes) is 43. The van der Waals surface area contributed by atoms with Gasteiger partial charge >= 0.3 is 7.82 Å². The van der Waals surface area contributed by atoms with Gasteiger partial charge in [-0.1, -0.05) is 344 Å². The van der Waals surface area contributed by atoms with Crippen molar-refractivity contribution in [1.82, 2.24) is 5.32 Å². The van der Waals surface area contributed by atoms with Gasteiger partial charge in [0.05, 0.1) is 39.9 Å². The molecule has 0 aromatic heterocycles. The summed E-state index contributed by atoms with van der Waals surface area (Å²) in [5.41, 5.74) is 0. The van der Waals surface area contributed by atoms with Gasteiger partial charge in [0, 0.05) is 6.42 Å². The van der Waals surface area contributed by atoms with Crippen LogP contribution in [0.4, 0.5) is 0 Å². The maximum atomic E-state index is 13.1. The molecule has 0 spiro atoms. The van der Waals surface area contributed by atoms with E-state index in [0.29, 0.717) is 17.4 Å². The topological polar surface area (TPSA) is 105 Å². The van der Waals surface area contributed by atoms with Gasteiger partial charge in [-0.15, -0.1) is 0 Å². The highest BCUT2D eigenvalue weighted by atomic mass is 31.2. The molecule has 3 N–H and O–H groups in total. The van der Waals surface area contributed by atoms with E-state index >= 15 is 0 Å². The average Bonchev–Trinajstić information content (AvgIpc) is 3.49. The molecular weight excluding hydrogens is 1040 g/mol. The van der Waals surface area contributed by atoms with Crippen LogP contribution in [0.2, 0.25) is 0 Å². The van der Waals surface area contributed by atoms with Crippen molar-refractivity contribution in [2.45, 2.75) is 353 Å². The van der Waals surface area contributed by atoms with Gasteiger partial charge in [-0.2, -0.15) is 0 Å². The van der Waals surface area contributed by atoms with Gasteiger partial charge in [0.2, 0.25) is 5.91 Å². The van der Waals surface area contributed by atoms with E-state index in [-0.39, 0.29) is 19.1 Å². The average molecular weight is 1180 g/mol. The van der Waals surface area contributed by atoms with Crippen LogP contribution in [0.3, 0.4) is 0 Å². The predicted octanol–water partition coefficient (Wildman–Crippen LogP) is 22.9. The molecule has 9 heteroatoms. The smallest absolute Gasteiger partial charge is 0.387 e. The highest BCUT2D eigenvalue weighted by molar-refractivity contribution is 7.47. The predicted molar refractivity (Wildman–Crippen MR) is 364 cm³/mol. The van der Waals surface area contributed by atoms with Crippen LogP contribution in [0.5, 0.6) is 0 Å². The van der Waals surface area contributed by atoms with Crippen LogP contribution < -0.4 is 5.32 Å². The number of hydrogen-bond donors (Lipinski definition) is 3. The van der Waals surface area contributed by atoms with Crippen LogP contribution in [0, 0.1) is 0 Å². The molecule has 0 rings (SSSR count). The zero-order valence-corrected chi connectivity index (χ0v) is 56.6. The van der Waals surface area contributed by atoms with E-state index < -0.39 is 20.0 Å². The number of nitrogens with zero attached hydrogens (tertiary/aromatic N) is 1. The van der Waals surface area contributed by atoms with E-state index in [0.717, 1.165) is 70.6 Å². The first-order chi connectivity index (χ1) is 40.5. The maximum absolute atomic E-state index is 13.1. The van der Waals surface area contributed by atoms with E-state index in [1.54, 1.807) is 6.08 Å². The minimum atomic E-state index is -4.36. The molecule has 0 aromatic carbocycles. The van der Waals surface area contributed by atoms with E-state index in [1.807, 2.05) is 27.2 Å². The fourth-order valence-corrected chi connectivity index (χ4v) is 11.4. The summed E-state index contributed by atoms with van der Waals surface area (Å²) < 4.78 is 23.8. The molecule has 3 unspecified atom stereocenters. The second-order valence-electron chi connectivity index (χ2n) is 25.6. The molecule has 0 aliphatic carbocycles. The molecule has 3 atom stereocenters. The highest BCUT2D eigenvalue weighted by Crippen LogP contribution is 2.43. The first-order valence-corrected chi connectivity index (χ1v) is 37.3. The Morgan fingerprint density at radius 1 is 0.422 bits per heavy atom. The summed E-state index contributed by atoms with van der Waals surface area (Å²) in [6.07, 6.45) is 90.5. The van der Waals surface area contributed by atoms with E-state index in [1.165, 1.54) is 250 Å². The van der Waals surface area contributed by atoms with Gasteiger partial charge in [-0.3, -0.25) is 13.8 Å². The van der Waals surface area contributed by atoms with Crippen LogP contribution in [-0.4, -0.2) is 73.4 Å². The quantitative estimate of drug-likeness (QED) is 0.0243. The van der Waals surface area contributed by atoms with Gasteiger partial charge < -0.3 is 19.8 Å². The summed E-state index contributed by atoms with van der Waals surface area (Å²) in [4.78, 5) is 23.4. The summed E-state index contributed by atoms with van der Waals surface area (Å²) in [5.74, 6) is -0.173. The number of amides is 1. The third-order valence-electron chi connectivity index (χ3n) is 16.2. The van der Waals surface area contributed by atoms with Gasteiger partial charge in [0.15, 0.2) is 0 Å². The Morgan fingerprint density at radius 2 is 0.723 bits per heavy atom. The van der Waals surface area contributed by atoms with Crippen molar-refractivity contribution in [1.29, 1.82) is 0 Å². The largest absolute Gasteiger partial charge is 0.472 e. The Hall–Kier alpha value is -2.06. The summed E-state index contributed by atoms with van der Waals surface area (Å²) >= 11 is 0. The van der Waals surface area contributed by atoms with E-state index in [4.69, 9.17) is 9.05 Å². The molecule has 0 aliphatic rings. The maximum Gasteiger partial charge on any atom is 0.472 e. The van der Waals surface area contributed by atoms with Crippen molar-refractivity contribution in [2.75, 3.05) is 40.9 Å². The number of allylic oxidation sites excluding steroid dienone is 11. The Balaban J connectivity index is 4.05. The molecule has 0 heterocycles. The number of hydrogen-bond acceptors (Lipinski definition) is 5. The fraction of sp³-hybridized carbons (Fsp3) is 0.824. The third kappa shape index (κ3) is 67.3. The van der Waals surface area contributed by atoms with Crippen LogP contribution in [0.1, 0.15) is 341 Å². The monoisotopic (exact) mass is 1180 g/mol. The number of aliphatic hydroxyl groups excluding tert-OH is 1. The fourth-order valence-electron chi connectivity index (χ4n) is 10.7. The molecule has 486 valence electrons. The van der Waals surface area contributed by atoms with Crippen molar-refractivity contribution in [2.24, 2.45) is 0 Å². The van der Waals surface area contributed by atoms with Crippen LogP contribution >= 0.6 is 7.82 Å². The molecule has 0 radical (unpaired) electrons. The Kier molecular flexibility index (Phi) is 62.8. The molecule has 0 aliphatic heterocycles. The number of phosphoric acid groups is 1. The molecular formula is C74H140N2O6P+. The normalized spacial score (nSPS) is 14.1. The minimum Gasteiger partial charge on any atom is -0.387 e. The zero-order chi connectivity index (χ0) is 60.5. The SMILES string of the molecule is CC/C=C\C/C=C\C/C=C\C/C=C\C/C=C\CCCCCCCCCCCCCCCCCCCC(=O)NC(COP(=O)(O)OCC[N+](C)(C)C)C(O)/C=C/CCCCCCCCCCCCCCCCCCCCCCCCCCCC. The summed E-state index contributed by atoms with van der Waals surface area (Å²) in [7, 11) is 1.58. The lowest BCUT2D eigenvalue weighted by Crippen LogP contribution is -2.45. The van der Waals surface area contributed by atoms with Crippen molar-refractivity contribution in [3.8, 4) is 0 Å². The van der Waals surface area contributed by atoms with E-state index in [2.05, 4.69) is 79.9 Å². The molecule has 0 bridgehead atoms. The summed E-state index contributed by atoms with van der Waals surface area (Å²) in [6, 6.07) is -0.850. The zero-order valence-electron chi connectivity index (χ0n) is 55.7. The molecule has 1 amide bonds. The van der Waals surface area contributed by atoms with Crippen molar-refractivity contribution in [3.63, 3.8) is 0 Å². The standard InChI is InChI=1S/C74H139N2O6P/c1-6-8-10-12-14-16-18-20-22-24-26-28-30-32-34-36-37-38-39-40-42-44-46-48-50-52-54-56-58-60-62-64-66-68-74(78)75-72(71-82-83(79,80)81-70-69-76(3,4)5)73(77)67-65-63-61-59-57-55-53-51-49-47-45-43-41-35-33-31-29-27-25-23-21-19-17-15-13-11-9-7-2/h8,10,14,16,20,22,26,28,32,34,65,67,72-73,77H,6-7,9,11-13,15,17-19,21,23-25,27,29-31,33,35-64,66,68-71H2,1-5H3,(H-,75,78,79,80)/p+1/b10-8-,16-14-,22-20-,28-26-,34-32-,67-65+. The number of rotatable bonds is 66. The number of quaternary nitrogens is 1. The van der Waals surface area contributed by atoms with Crippen molar-refractivity contribution < 1.29 is 32.9 Å². The Labute approximate surface area is 516 Å². The molecule has 83 heavy (non-hydrogen) atoms. The lowest BCUT2D eigenvalue weighted by atomic mass is 10.0. The van der Waals surface area contributed by atoms with Crippen molar-refractivity contribution in [3.05, 3.63) is 72.9 Å². The Morgan fingerprint density at radius 3 is 1.06 bits per heavy atom. The van der Waals surface area contributed by atoms with Crippen LogP contribution in [0.15, 0.2) is 72.9 Å². The summed E-state index contributed by atoms with van der Waals surface area (Å²) in [5, 5.41) is 14.0. The summed E-state index contributed by atoms with van der Waals surface area (Å²) in [6.45, 7) is 4.75. The number of likely N-dealkylation sites (N-methyl/N-ethyl adjacent to an activating group) is 1. The second-order valence-corrected chi connectivity index (χ2v) is 27.0. The van der Waals surface area contributed by atoms with Gasteiger partial charge in [0.25, 0.3) is 0 Å². The molecule has 0 fully saturated rings. The Bertz CT molecular complexity index is 1580. The number of carbonyl (C=O) groups excluding carboxylic acids is 1. The van der Waals surface area contributed by atoms with Gasteiger partial charge in [-0.05, 0) is 64.2 Å². The molecule has 0 aromatic rings. The first-order valence-electron chi connectivity index (χ1n) is 35.8. The second kappa shape index (κ2) is 64.4. The lowest BCUT2D eigenvalue weighted by Gasteiger charge is -2.25. The van der Waals surface area contributed by atoms with Crippen LogP contribution in [0.25, 0.3) is 0 Å². The number of aliphatic hydroxyl groups is 1.